The molecule has 0 aromatic heterocycles. The summed E-state index contributed by atoms with van der Waals surface area (Å²) >= 11 is 0. The van der Waals surface area contributed by atoms with Crippen LogP contribution < -0.4 is 0 Å². The summed E-state index contributed by atoms with van der Waals surface area (Å²) < 4.78 is 0. The highest BCUT2D eigenvalue weighted by Gasteiger charge is 2.36. The number of imide groups is 1. The molecule has 1 aliphatic heterocycles. The summed E-state index contributed by atoms with van der Waals surface area (Å²) in [5.41, 5.74) is 2.27. The maximum Gasteiger partial charge on any atom is 0.285 e. The van der Waals surface area contributed by atoms with Crippen molar-refractivity contribution >= 4 is 11.8 Å². The number of carbonyl (C=O) groups excluding carboxylic acids is 2. The van der Waals surface area contributed by atoms with Crippen molar-refractivity contribution in [1.82, 2.24) is 5.06 Å². The van der Waals surface area contributed by atoms with E-state index in [-0.39, 0.29) is 10.6 Å². The Balaban J connectivity index is 2.76. The molecule has 1 aliphatic rings. The normalized spacial score (nSPS) is 14.9. The first kappa shape index (κ1) is 8.90. The second-order valence-corrected chi connectivity index (χ2v) is 3.35. The molecule has 0 fully saturated rings. The number of aryl methyl sites for hydroxylation is 1. The predicted octanol–water partition coefficient (Wildman–Crippen LogP) is 1.29. The Morgan fingerprint density at radius 3 is 2.43 bits per heavy atom. The van der Waals surface area contributed by atoms with Crippen molar-refractivity contribution in [2.45, 2.75) is 13.8 Å². The van der Waals surface area contributed by atoms with E-state index in [1.807, 2.05) is 6.92 Å². The zero-order chi connectivity index (χ0) is 10.5. The third kappa shape index (κ3) is 0.914. The molecular weight excluding hydrogens is 182 g/mol. The largest absolute Gasteiger partial charge is 0.285 e. The summed E-state index contributed by atoms with van der Waals surface area (Å²) in [6.45, 7) is 3.62. The number of nitrogens with zero attached hydrogens (tertiary/aromatic N) is 1. The Bertz CT molecular complexity index is 451. The van der Waals surface area contributed by atoms with Crippen molar-refractivity contribution in [1.29, 1.82) is 0 Å². The van der Waals surface area contributed by atoms with Gasteiger partial charge in [0.2, 0.25) is 0 Å². The Morgan fingerprint density at radius 2 is 1.79 bits per heavy atom. The molecule has 1 aromatic carbocycles. The SMILES string of the molecule is Cc1ccc2c(c1C)C(=O)N(O)C2=O. The van der Waals surface area contributed by atoms with E-state index < -0.39 is 11.8 Å². The van der Waals surface area contributed by atoms with E-state index in [1.54, 1.807) is 19.1 Å². The van der Waals surface area contributed by atoms with Crippen LogP contribution in [0, 0.1) is 13.8 Å². The fourth-order valence-corrected chi connectivity index (χ4v) is 1.58. The second-order valence-electron chi connectivity index (χ2n) is 3.35. The summed E-state index contributed by atoms with van der Waals surface area (Å²) in [4.78, 5) is 22.8. The molecule has 4 heteroatoms. The predicted molar refractivity (Wildman–Crippen MR) is 48.2 cm³/mol. The van der Waals surface area contributed by atoms with Gasteiger partial charge >= 0.3 is 0 Å². The van der Waals surface area contributed by atoms with Gasteiger partial charge in [0, 0.05) is 0 Å². The molecule has 0 saturated carbocycles. The number of hydroxylamine groups is 2. The monoisotopic (exact) mass is 191 g/mol. The molecule has 2 rings (SSSR count). The van der Waals surface area contributed by atoms with Crippen molar-refractivity contribution in [2.75, 3.05) is 0 Å². The summed E-state index contributed by atoms with van der Waals surface area (Å²) in [5, 5.41) is 9.30. The van der Waals surface area contributed by atoms with Crippen LogP contribution in [-0.4, -0.2) is 22.1 Å². The molecule has 4 nitrogen and oxygen atoms in total. The maximum atomic E-state index is 11.4. The first-order chi connectivity index (χ1) is 6.54. The number of hydrogen-bond donors (Lipinski definition) is 1. The van der Waals surface area contributed by atoms with Gasteiger partial charge < -0.3 is 0 Å². The minimum absolute atomic E-state index is 0.164. The first-order valence-corrected chi connectivity index (χ1v) is 4.22. The number of hydrogen-bond acceptors (Lipinski definition) is 3. The summed E-state index contributed by atoms with van der Waals surface area (Å²) in [6, 6.07) is 3.33. The van der Waals surface area contributed by atoms with Crippen LogP contribution in [0.2, 0.25) is 0 Å². The van der Waals surface area contributed by atoms with Gasteiger partial charge in [-0.25, -0.2) is 0 Å². The van der Waals surface area contributed by atoms with Gasteiger partial charge in [0.25, 0.3) is 11.8 Å². The lowest BCUT2D eigenvalue weighted by atomic mass is 9.99. The average molecular weight is 191 g/mol. The van der Waals surface area contributed by atoms with Crippen molar-refractivity contribution in [2.24, 2.45) is 0 Å². The lowest BCUT2D eigenvalue weighted by Crippen LogP contribution is -2.25. The molecule has 0 saturated heterocycles. The van der Waals surface area contributed by atoms with Crippen molar-refractivity contribution in [3.8, 4) is 0 Å². The highest BCUT2D eigenvalue weighted by Crippen LogP contribution is 2.26. The van der Waals surface area contributed by atoms with Crippen LogP contribution in [0.5, 0.6) is 0 Å². The lowest BCUT2D eigenvalue weighted by molar-refractivity contribution is -0.0327. The minimum atomic E-state index is -0.645. The fourth-order valence-electron chi connectivity index (χ4n) is 1.58. The highest BCUT2D eigenvalue weighted by atomic mass is 16.5. The van der Waals surface area contributed by atoms with Crippen LogP contribution in [0.1, 0.15) is 31.8 Å². The van der Waals surface area contributed by atoms with Gasteiger partial charge in [-0.2, -0.15) is 0 Å². The zero-order valence-corrected chi connectivity index (χ0v) is 7.87. The zero-order valence-electron chi connectivity index (χ0n) is 7.87. The number of rotatable bonds is 0. The number of carbonyl (C=O) groups is 2. The molecule has 1 heterocycles. The van der Waals surface area contributed by atoms with E-state index in [0.717, 1.165) is 11.1 Å². The molecule has 0 atom stereocenters. The number of amides is 2. The lowest BCUT2D eigenvalue weighted by Gasteiger charge is -2.03. The third-order valence-electron chi connectivity index (χ3n) is 2.56. The van der Waals surface area contributed by atoms with Gasteiger partial charge in [0.05, 0.1) is 11.1 Å². The fraction of sp³-hybridized carbons (Fsp3) is 0.200. The van der Waals surface area contributed by atoms with Crippen LogP contribution in [0.25, 0.3) is 0 Å². The van der Waals surface area contributed by atoms with Gasteiger partial charge in [-0.05, 0) is 31.0 Å². The van der Waals surface area contributed by atoms with Crippen LogP contribution in [0.15, 0.2) is 12.1 Å². The van der Waals surface area contributed by atoms with E-state index in [4.69, 9.17) is 5.21 Å². The maximum absolute atomic E-state index is 11.4. The first-order valence-electron chi connectivity index (χ1n) is 4.22. The molecule has 2 amide bonds. The highest BCUT2D eigenvalue weighted by molar-refractivity contribution is 6.21. The molecule has 72 valence electrons. The number of fused-ring (bicyclic) bond motifs is 1. The van der Waals surface area contributed by atoms with E-state index in [2.05, 4.69) is 0 Å². The molecule has 0 radical (unpaired) electrons. The Morgan fingerprint density at radius 1 is 1.14 bits per heavy atom. The molecule has 0 aliphatic carbocycles. The summed E-state index contributed by atoms with van der Waals surface area (Å²) in [7, 11) is 0. The van der Waals surface area contributed by atoms with E-state index in [1.165, 1.54) is 0 Å². The van der Waals surface area contributed by atoms with Gasteiger partial charge in [-0.15, -0.1) is 5.06 Å². The molecule has 14 heavy (non-hydrogen) atoms. The van der Waals surface area contributed by atoms with Gasteiger partial charge in [0.15, 0.2) is 0 Å². The van der Waals surface area contributed by atoms with Crippen molar-refractivity contribution in [3.63, 3.8) is 0 Å². The van der Waals surface area contributed by atoms with Crippen molar-refractivity contribution < 1.29 is 14.8 Å². The van der Waals surface area contributed by atoms with E-state index in [9.17, 15) is 9.59 Å². The number of benzene rings is 1. The third-order valence-corrected chi connectivity index (χ3v) is 2.56. The standard InChI is InChI=1S/C10H9NO3/c1-5-3-4-7-8(6(5)2)10(13)11(14)9(7)12/h3-4,14H,1-2H3. The Labute approximate surface area is 80.7 Å². The molecular formula is C10H9NO3. The van der Waals surface area contributed by atoms with Crippen LogP contribution in [0.3, 0.4) is 0 Å². The van der Waals surface area contributed by atoms with Crippen LogP contribution >= 0.6 is 0 Å². The van der Waals surface area contributed by atoms with Gasteiger partial charge in [-0.3, -0.25) is 14.8 Å². The van der Waals surface area contributed by atoms with E-state index >= 15 is 0 Å². The Kier molecular flexibility index (Phi) is 1.69. The topological polar surface area (TPSA) is 57.6 Å². The minimum Gasteiger partial charge on any atom is -0.278 e. The molecule has 0 bridgehead atoms. The quantitative estimate of drug-likeness (QED) is 0.496. The molecule has 0 spiro atoms. The summed E-state index contributed by atoms with van der Waals surface area (Å²) in [6.07, 6.45) is 0. The van der Waals surface area contributed by atoms with E-state index in [0.29, 0.717) is 5.56 Å². The second kappa shape index (κ2) is 2.65. The van der Waals surface area contributed by atoms with Crippen LogP contribution in [0.4, 0.5) is 0 Å². The van der Waals surface area contributed by atoms with Gasteiger partial charge in [0.1, 0.15) is 0 Å². The molecule has 1 aromatic rings. The molecule has 0 unspecified atom stereocenters. The Hall–Kier alpha value is -1.68. The summed E-state index contributed by atoms with van der Waals surface area (Å²) in [5.74, 6) is -1.28. The van der Waals surface area contributed by atoms with Gasteiger partial charge in [-0.1, -0.05) is 6.07 Å². The smallest absolute Gasteiger partial charge is 0.278 e. The van der Waals surface area contributed by atoms with Crippen molar-refractivity contribution in [3.05, 3.63) is 34.4 Å². The molecule has 1 N–H and O–H groups in total. The van der Waals surface area contributed by atoms with Crippen LogP contribution in [-0.2, 0) is 0 Å². The average Bonchev–Trinajstić information content (AvgIpc) is 2.38.